The molecule has 126 valence electrons. The molecule has 0 N–H and O–H groups in total. The highest BCUT2D eigenvalue weighted by Gasteiger charge is 2.47. The van der Waals surface area contributed by atoms with Gasteiger partial charge < -0.3 is 9.47 Å². The van der Waals surface area contributed by atoms with Gasteiger partial charge in [0, 0.05) is 25.5 Å². The molecule has 0 radical (unpaired) electrons. The maximum atomic E-state index is 13.0. The lowest BCUT2D eigenvalue weighted by atomic mass is 10.2. The van der Waals surface area contributed by atoms with Gasteiger partial charge in [-0.25, -0.2) is 8.42 Å². The van der Waals surface area contributed by atoms with Gasteiger partial charge in [-0.15, -0.1) is 0 Å². The van der Waals surface area contributed by atoms with Gasteiger partial charge in [0.1, 0.15) is 11.0 Å². The summed E-state index contributed by atoms with van der Waals surface area (Å²) >= 11 is 0. The van der Waals surface area contributed by atoms with Crippen LogP contribution in [-0.2, 0) is 19.5 Å². The van der Waals surface area contributed by atoms with Crippen LogP contribution in [0.25, 0.3) is 0 Å². The van der Waals surface area contributed by atoms with Crippen LogP contribution in [0.15, 0.2) is 29.4 Å². The molecule has 1 aliphatic heterocycles. The molecule has 2 saturated carbocycles. The van der Waals surface area contributed by atoms with Crippen molar-refractivity contribution in [3.8, 4) is 0 Å². The van der Waals surface area contributed by atoms with Crippen LogP contribution in [0.3, 0.4) is 0 Å². The van der Waals surface area contributed by atoms with Gasteiger partial charge in [-0.3, -0.25) is 4.98 Å². The first kappa shape index (κ1) is 15.5. The molecule has 1 aromatic rings. The monoisotopic (exact) mass is 338 g/mol. The number of sulfonamides is 1. The minimum Gasteiger partial charge on any atom is -0.374 e. The Labute approximate surface area is 136 Å². The van der Waals surface area contributed by atoms with E-state index in [1.807, 2.05) is 0 Å². The molecule has 1 saturated heterocycles. The van der Waals surface area contributed by atoms with Gasteiger partial charge in [-0.1, -0.05) is 0 Å². The number of ether oxygens (including phenoxy) is 2. The summed E-state index contributed by atoms with van der Waals surface area (Å²) in [5.74, 6) is 0.654. The Hall–Kier alpha value is -1.02. The van der Waals surface area contributed by atoms with Crippen molar-refractivity contribution < 1.29 is 17.9 Å². The fraction of sp³-hybridized carbons (Fsp3) is 0.688. The van der Waals surface area contributed by atoms with E-state index in [0.717, 1.165) is 19.4 Å². The van der Waals surface area contributed by atoms with Crippen molar-refractivity contribution in [1.29, 1.82) is 0 Å². The van der Waals surface area contributed by atoms with Crippen molar-refractivity contribution in [2.24, 2.45) is 5.92 Å². The molecule has 3 fully saturated rings. The topological polar surface area (TPSA) is 68.7 Å². The van der Waals surface area contributed by atoms with E-state index in [-0.39, 0.29) is 23.1 Å². The minimum atomic E-state index is -3.56. The van der Waals surface area contributed by atoms with Crippen LogP contribution < -0.4 is 0 Å². The molecular weight excluding hydrogens is 316 g/mol. The van der Waals surface area contributed by atoms with E-state index in [1.54, 1.807) is 22.6 Å². The number of hydrogen-bond acceptors (Lipinski definition) is 5. The molecule has 2 bridgehead atoms. The predicted molar refractivity (Wildman–Crippen MR) is 83.4 cm³/mol. The molecule has 1 aromatic heterocycles. The summed E-state index contributed by atoms with van der Waals surface area (Å²) < 4.78 is 39.5. The van der Waals surface area contributed by atoms with Gasteiger partial charge in [0.05, 0.1) is 18.8 Å². The summed E-state index contributed by atoms with van der Waals surface area (Å²) in [5.41, 5.74) is 0. The molecule has 3 unspecified atom stereocenters. The van der Waals surface area contributed by atoms with Gasteiger partial charge in [-0.05, 0) is 43.7 Å². The van der Waals surface area contributed by atoms with Crippen molar-refractivity contribution in [2.45, 2.75) is 48.8 Å². The van der Waals surface area contributed by atoms with Crippen molar-refractivity contribution >= 4 is 10.0 Å². The standard InChI is InChI=1S/C16H22N2O4S/c19-23(20,13-2-1-7-17-10-13)18-8-9-21-15-6-5-14(18)16(15)22-11-12-3-4-12/h1-2,7,10,12,14-16H,3-6,8-9,11H2. The van der Waals surface area contributed by atoms with E-state index < -0.39 is 10.0 Å². The van der Waals surface area contributed by atoms with Crippen LogP contribution in [0, 0.1) is 5.92 Å². The number of fused-ring (bicyclic) bond motifs is 2. The van der Waals surface area contributed by atoms with Crippen molar-refractivity contribution in [3.63, 3.8) is 0 Å². The van der Waals surface area contributed by atoms with Gasteiger partial charge in [0.25, 0.3) is 0 Å². The van der Waals surface area contributed by atoms with Crippen molar-refractivity contribution in [2.75, 3.05) is 19.8 Å². The van der Waals surface area contributed by atoms with Crippen molar-refractivity contribution in [3.05, 3.63) is 24.5 Å². The number of hydrogen-bond donors (Lipinski definition) is 0. The van der Waals surface area contributed by atoms with Crippen molar-refractivity contribution in [1.82, 2.24) is 9.29 Å². The normalized spacial score (nSPS) is 31.9. The third-order valence-corrected chi connectivity index (χ3v) is 6.88. The maximum Gasteiger partial charge on any atom is 0.245 e. The molecule has 0 spiro atoms. The molecule has 3 atom stereocenters. The molecular formula is C16H22N2O4S. The smallest absolute Gasteiger partial charge is 0.245 e. The van der Waals surface area contributed by atoms with Crippen LogP contribution in [0.1, 0.15) is 25.7 Å². The Morgan fingerprint density at radius 3 is 2.91 bits per heavy atom. The molecule has 6 nitrogen and oxygen atoms in total. The summed E-state index contributed by atoms with van der Waals surface area (Å²) in [6.45, 7) is 1.52. The SMILES string of the molecule is O=S(=O)(c1cccnc1)N1CCOC2CCC1C2OCC1CC1. The third-order valence-electron chi connectivity index (χ3n) is 4.97. The van der Waals surface area contributed by atoms with E-state index in [2.05, 4.69) is 4.98 Å². The molecule has 3 aliphatic rings. The molecule has 23 heavy (non-hydrogen) atoms. The Balaban J connectivity index is 1.59. The lowest BCUT2D eigenvalue weighted by Crippen LogP contribution is -2.46. The van der Waals surface area contributed by atoms with Crippen LogP contribution in [-0.4, -0.2) is 55.7 Å². The van der Waals surface area contributed by atoms with Gasteiger partial charge in [-0.2, -0.15) is 4.31 Å². The van der Waals surface area contributed by atoms with E-state index in [4.69, 9.17) is 9.47 Å². The quantitative estimate of drug-likeness (QED) is 0.812. The summed E-state index contributed by atoms with van der Waals surface area (Å²) in [6, 6.07) is 3.12. The summed E-state index contributed by atoms with van der Waals surface area (Å²) in [6.07, 6.45) is 6.96. The Bertz CT molecular complexity index is 647. The summed E-state index contributed by atoms with van der Waals surface area (Å²) in [4.78, 5) is 4.19. The molecule has 2 heterocycles. The highest BCUT2D eigenvalue weighted by Crippen LogP contribution is 2.37. The lowest BCUT2D eigenvalue weighted by molar-refractivity contribution is -0.0542. The predicted octanol–water partition coefficient (Wildman–Crippen LogP) is 1.43. The zero-order valence-corrected chi connectivity index (χ0v) is 13.8. The summed E-state index contributed by atoms with van der Waals surface area (Å²) in [5, 5.41) is 0. The minimum absolute atomic E-state index is 0.0212. The number of aromatic nitrogens is 1. The second kappa shape index (κ2) is 6.12. The number of pyridine rings is 1. The molecule has 7 heteroatoms. The van der Waals surface area contributed by atoms with E-state index >= 15 is 0 Å². The van der Waals surface area contributed by atoms with Crippen LogP contribution in [0.4, 0.5) is 0 Å². The molecule has 2 aliphatic carbocycles. The largest absolute Gasteiger partial charge is 0.374 e. The molecule has 4 rings (SSSR count). The number of nitrogens with zero attached hydrogens (tertiary/aromatic N) is 2. The van der Waals surface area contributed by atoms with Gasteiger partial charge in [0.15, 0.2) is 0 Å². The number of rotatable bonds is 5. The highest BCUT2D eigenvalue weighted by atomic mass is 32.2. The fourth-order valence-electron chi connectivity index (χ4n) is 3.54. The second-order valence-electron chi connectivity index (χ2n) is 6.60. The van der Waals surface area contributed by atoms with E-state index in [1.165, 1.54) is 19.0 Å². The highest BCUT2D eigenvalue weighted by molar-refractivity contribution is 7.89. The van der Waals surface area contributed by atoms with Gasteiger partial charge >= 0.3 is 0 Å². The summed E-state index contributed by atoms with van der Waals surface area (Å²) in [7, 11) is -3.56. The third kappa shape index (κ3) is 3.03. The van der Waals surface area contributed by atoms with E-state index in [9.17, 15) is 8.42 Å². The first-order valence-electron chi connectivity index (χ1n) is 8.31. The van der Waals surface area contributed by atoms with Crippen LogP contribution >= 0.6 is 0 Å². The Morgan fingerprint density at radius 1 is 1.30 bits per heavy atom. The van der Waals surface area contributed by atoms with Crippen LogP contribution in [0.5, 0.6) is 0 Å². The van der Waals surface area contributed by atoms with Gasteiger partial charge in [0.2, 0.25) is 10.0 Å². The first-order valence-corrected chi connectivity index (χ1v) is 9.75. The lowest BCUT2D eigenvalue weighted by Gasteiger charge is -2.30. The fourth-order valence-corrected chi connectivity index (χ4v) is 5.15. The van der Waals surface area contributed by atoms with E-state index in [0.29, 0.717) is 19.1 Å². The zero-order valence-electron chi connectivity index (χ0n) is 13.0. The second-order valence-corrected chi connectivity index (χ2v) is 8.49. The average molecular weight is 338 g/mol. The Kier molecular flexibility index (Phi) is 4.13. The maximum absolute atomic E-state index is 13.0. The molecule has 0 aromatic carbocycles. The first-order chi connectivity index (χ1) is 11.2. The van der Waals surface area contributed by atoms with Crippen LogP contribution in [0.2, 0.25) is 0 Å². The molecule has 0 amide bonds. The Morgan fingerprint density at radius 2 is 2.17 bits per heavy atom. The zero-order chi connectivity index (χ0) is 15.9. The average Bonchev–Trinajstić information content (AvgIpc) is 3.31.